The standard InChI is InChI=1S/C16H17N5S/c1-20(2)14-6-4-3-5-13(14)12-22-16-19-9-10-21(16)15-11-17-7-8-18-15/h3-11H,12H2,1-2H3. The molecule has 0 aliphatic heterocycles. The molecule has 6 heteroatoms. The molecule has 0 aliphatic carbocycles. The third-order valence-electron chi connectivity index (χ3n) is 3.23. The van der Waals surface area contributed by atoms with Gasteiger partial charge < -0.3 is 4.90 Å². The van der Waals surface area contributed by atoms with Crippen LogP contribution in [0.2, 0.25) is 0 Å². The molecule has 0 spiro atoms. The Kier molecular flexibility index (Phi) is 4.39. The van der Waals surface area contributed by atoms with Crippen LogP contribution in [0.15, 0.2) is 60.4 Å². The highest BCUT2D eigenvalue weighted by atomic mass is 32.2. The van der Waals surface area contributed by atoms with E-state index in [1.54, 1.807) is 36.5 Å². The number of hydrogen-bond donors (Lipinski definition) is 0. The zero-order valence-corrected chi connectivity index (χ0v) is 13.4. The minimum absolute atomic E-state index is 0.781. The second-order valence-corrected chi connectivity index (χ2v) is 5.90. The lowest BCUT2D eigenvalue weighted by molar-refractivity contribution is 0.854. The van der Waals surface area contributed by atoms with Gasteiger partial charge in [0.1, 0.15) is 0 Å². The van der Waals surface area contributed by atoms with Crippen LogP contribution >= 0.6 is 11.8 Å². The average Bonchev–Trinajstić information content (AvgIpc) is 3.02. The highest BCUT2D eigenvalue weighted by molar-refractivity contribution is 7.98. The van der Waals surface area contributed by atoms with Gasteiger partial charge in [-0.2, -0.15) is 0 Å². The number of rotatable bonds is 5. The number of thioether (sulfide) groups is 1. The summed E-state index contributed by atoms with van der Waals surface area (Å²) in [5, 5.41) is 0.911. The molecular weight excluding hydrogens is 294 g/mol. The van der Waals surface area contributed by atoms with Crippen molar-refractivity contribution in [1.82, 2.24) is 19.5 Å². The lowest BCUT2D eigenvalue weighted by Crippen LogP contribution is -2.10. The molecule has 0 saturated heterocycles. The quantitative estimate of drug-likeness (QED) is 0.678. The first-order valence-electron chi connectivity index (χ1n) is 6.93. The van der Waals surface area contributed by atoms with E-state index in [1.807, 2.05) is 10.8 Å². The second kappa shape index (κ2) is 6.62. The number of aromatic nitrogens is 4. The maximum absolute atomic E-state index is 4.43. The maximum Gasteiger partial charge on any atom is 0.174 e. The molecule has 0 N–H and O–H groups in total. The van der Waals surface area contributed by atoms with Crippen molar-refractivity contribution in [2.24, 2.45) is 0 Å². The zero-order valence-electron chi connectivity index (χ0n) is 12.5. The molecule has 0 unspecified atom stereocenters. The Bertz CT molecular complexity index is 739. The molecule has 0 saturated carbocycles. The number of benzene rings is 1. The summed E-state index contributed by atoms with van der Waals surface area (Å²) in [4.78, 5) is 15.0. The molecule has 0 atom stereocenters. The van der Waals surface area contributed by atoms with E-state index in [0.717, 1.165) is 16.7 Å². The van der Waals surface area contributed by atoms with E-state index in [9.17, 15) is 0 Å². The topological polar surface area (TPSA) is 46.8 Å². The Hall–Kier alpha value is -2.34. The number of para-hydroxylation sites is 1. The van der Waals surface area contributed by atoms with Gasteiger partial charge in [0, 0.05) is 50.3 Å². The number of hydrogen-bond acceptors (Lipinski definition) is 5. The fourth-order valence-corrected chi connectivity index (χ4v) is 3.16. The Labute approximate surface area is 134 Å². The molecule has 0 amide bonds. The van der Waals surface area contributed by atoms with E-state index in [4.69, 9.17) is 0 Å². The van der Waals surface area contributed by atoms with Crippen LogP contribution in [0.5, 0.6) is 0 Å². The van der Waals surface area contributed by atoms with Gasteiger partial charge >= 0.3 is 0 Å². The number of anilines is 1. The van der Waals surface area contributed by atoms with Gasteiger partial charge in [-0.15, -0.1) is 0 Å². The summed E-state index contributed by atoms with van der Waals surface area (Å²) in [7, 11) is 4.12. The van der Waals surface area contributed by atoms with Crippen molar-refractivity contribution >= 4 is 17.4 Å². The molecule has 5 nitrogen and oxygen atoms in total. The molecule has 2 aromatic heterocycles. The first-order valence-corrected chi connectivity index (χ1v) is 7.92. The normalized spacial score (nSPS) is 10.6. The molecule has 112 valence electrons. The fourth-order valence-electron chi connectivity index (χ4n) is 2.20. The van der Waals surface area contributed by atoms with Gasteiger partial charge in [-0.1, -0.05) is 30.0 Å². The Balaban J connectivity index is 1.80. The van der Waals surface area contributed by atoms with Gasteiger partial charge in [0.05, 0.1) is 6.20 Å². The summed E-state index contributed by atoms with van der Waals surface area (Å²) in [6, 6.07) is 8.41. The minimum atomic E-state index is 0.781. The van der Waals surface area contributed by atoms with Crippen LogP contribution in [0.25, 0.3) is 5.82 Å². The third-order valence-corrected chi connectivity index (χ3v) is 4.25. The van der Waals surface area contributed by atoms with Gasteiger partial charge in [-0.25, -0.2) is 9.97 Å². The summed E-state index contributed by atoms with van der Waals surface area (Å²) < 4.78 is 1.95. The van der Waals surface area contributed by atoms with E-state index in [1.165, 1.54) is 11.3 Å². The van der Waals surface area contributed by atoms with Crippen molar-refractivity contribution in [3.8, 4) is 5.82 Å². The molecule has 0 bridgehead atoms. The fraction of sp³-hybridized carbons (Fsp3) is 0.188. The van der Waals surface area contributed by atoms with Gasteiger partial charge in [0.15, 0.2) is 11.0 Å². The van der Waals surface area contributed by atoms with Crippen LogP contribution in [0, 0.1) is 0 Å². The molecule has 3 rings (SSSR count). The van der Waals surface area contributed by atoms with Crippen LogP contribution in [0.3, 0.4) is 0 Å². The summed E-state index contributed by atoms with van der Waals surface area (Å²) >= 11 is 1.69. The number of nitrogens with zero attached hydrogens (tertiary/aromatic N) is 5. The molecule has 22 heavy (non-hydrogen) atoms. The Morgan fingerprint density at radius 3 is 2.73 bits per heavy atom. The minimum Gasteiger partial charge on any atom is -0.377 e. The summed E-state index contributed by atoms with van der Waals surface area (Å²) in [5.41, 5.74) is 2.51. The van der Waals surface area contributed by atoms with Gasteiger partial charge in [-0.05, 0) is 11.6 Å². The molecule has 2 heterocycles. The van der Waals surface area contributed by atoms with Crippen molar-refractivity contribution in [1.29, 1.82) is 0 Å². The zero-order chi connectivity index (χ0) is 15.4. The molecule has 0 radical (unpaired) electrons. The predicted octanol–water partition coefficient (Wildman–Crippen LogP) is 3.02. The summed E-state index contributed by atoms with van der Waals surface area (Å²) in [6.45, 7) is 0. The van der Waals surface area contributed by atoms with Crippen molar-refractivity contribution in [3.63, 3.8) is 0 Å². The van der Waals surface area contributed by atoms with Crippen molar-refractivity contribution in [2.75, 3.05) is 19.0 Å². The van der Waals surface area contributed by atoms with Crippen LogP contribution in [-0.4, -0.2) is 33.6 Å². The van der Waals surface area contributed by atoms with E-state index in [2.05, 4.69) is 58.2 Å². The van der Waals surface area contributed by atoms with Gasteiger partial charge in [0.25, 0.3) is 0 Å². The lowest BCUT2D eigenvalue weighted by Gasteiger charge is -2.17. The van der Waals surface area contributed by atoms with Gasteiger partial charge in [-0.3, -0.25) is 9.55 Å². The van der Waals surface area contributed by atoms with Gasteiger partial charge in [0.2, 0.25) is 0 Å². The van der Waals surface area contributed by atoms with Crippen LogP contribution < -0.4 is 4.90 Å². The smallest absolute Gasteiger partial charge is 0.174 e. The van der Waals surface area contributed by atoms with Crippen LogP contribution in [0.4, 0.5) is 5.69 Å². The van der Waals surface area contributed by atoms with E-state index >= 15 is 0 Å². The summed E-state index contributed by atoms with van der Waals surface area (Å²) in [6.07, 6.45) is 8.78. The Morgan fingerprint density at radius 1 is 1.09 bits per heavy atom. The molecule has 1 aromatic carbocycles. The van der Waals surface area contributed by atoms with E-state index in [0.29, 0.717) is 0 Å². The average molecular weight is 311 g/mol. The SMILES string of the molecule is CN(C)c1ccccc1CSc1nccn1-c1cnccn1. The van der Waals surface area contributed by atoms with Crippen molar-refractivity contribution in [2.45, 2.75) is 10.9 Å². The first kappa shape index (κ1) is 14.6. The highest BCUT2D eigenvalue weighted by Gasteiger charge is 2.09. The maximum atomic E-state index is 4.43. The molecule has 3 aromatic rings. The molecular formula is C16H17N5S. The lowest BCUT2D eigenvalue weighted by atomic mass is 10.2. The molecule has 0 aliphatic rings. The molecule has 0 fully saturated rings. The second-order valence-electron chi connectivity index (χ2n) is 4.96. The van der Waals surface area contributed by atoms with E-state index in [-0.39, 0.29) is 0 Å². The monoisotopic (exact) mass is 311 g/mol. The van der Waals surface area contributed by atoms with Crippen molar-refractivity contribution in [3.05, 3.63) is 60.8 Å². The largest absolute Gasteiger partial charge is 0.377 e. The predicted molar refractivity (Wildman–Crippen MR) is 89.5 cm³/mol. The van der Waals surface area contributed by atoms with E-state index < -0.39 is 0 Å². The summed E-state index contributed by atoms with van der Waals surface area (Å²) in [5.74, 6) is 1.63. The van der Waals surface area contributed by atoms with Crippen LogP contribution in [0.1, 0.15) is 5.56 Å². The highest BCUT2D eigenvalue weighted by Crippen LogP contribution is 2.27. The van der Waals surface area contributed by atoms with Crippen LogP contribution in [-0.2, 0) is 5.75 Å². The first-order chi connectivity index (χ1) is 10.8. The third kappa shape index (κ3) is 3.12. The van der Waals surface area contributed by atoms with Crippen molar-refractivity contribution < 1.29 is 0 Å². The Morgan fingerprint density at radius 2 is 1.95 bits per heavy atom. The number of imidazole rings is 1.